The number of halogens is 1. The first-order valence-electron chi connectivity index (χ1n) is 7.57. The van der Waals surface area contributed by atoms with Gasteiger partial charge in [0.15, 0.2) is 0 Å². The third-order valence-electron chi connectivity index (χ3n) is 3.92. The molecule has 0 aromatic heterocycles. The lowest BCUT2D eigenvalue weighted by Gasteiger charge is -2.33. The van der Waals surface area contributed by atoms with Crippen LogP contribution >= 0.6 is 11.6 Å². The van der Waals surface area contributed by atoms with Gasteiger partial charge in [-0.15, -0.1) is 0 Å². The molecule has 7 heteroatoms. The number of benzene rings is 1. The fourth-order valence-electron chi connectivity index (χ4n) is 2.72. The van der Waals surface area contributed by atoms with Gasteiger partial charge in [0.25, 0.3) is 5.91 Å². The van der Waals surface area contributed by atoms with Crippen molar-refractivity contribution >= 4 is 34.9 Å². The molecule has 1 aromatic rings. The Hall–Kier alpha value is -2.21. The largest absolute Gasteiger partial charge is 0.450 e. The number of fused-ring (bicyclic) bond motifs is 1. The standard InChI is InChI=1S/C16H18ClN3O3/c1-2-23-16(22)20-7-5-19(6-8-20)10-13-12-9-11(17)3-4-14(12)18-15(13)21/h3-4,9-10H,2,5-8H2,1H3,(H,18,21)/b13-10+. The first-order valence-corrected chi connectivity index (χ1v) is 7.95. The molecule has 0 unspecified atom stereocenters. The smallest absolute Gasteiger partial charge is 0.409 e. The van der Waals surface area contributed by atoms with E-state index >= 15 is 0 Å². The van der Waals surface area contributed by atoms with Crippen LogP contribution in [0.15, 0.2) is 24.4 Å². The van der Waals surface area contributed by atoms with Crippen molar-refractivity contribution in [3.8, 4) is 0 Å². The van der Waals surface area contributed by atoms with E-state index in [0.29, 0.717) is 43.4 Å². The van der Waals surface area contributed by atoms with Crippen LogP contribution in [0.5, 0.6) is 0 Å². The van der Waals surface area contributed by atoms with Crippen LogP contribution in [0.3, 0.4) is 0 Å². The Morgan fingerprint density at radius 3 is 2.78 bits per heavy atom. The van der Waals surface area contributed by atoms with E-state index in [9.17, 15) is 9.59 Å². The first kappa shape index (κ1) is 15.7. The van der Waals surface area contributed by atoms with E-state index in [1.165, 1.54) is 0 Å². The Labute approximate surface area is 139 Å². The Morgan fingerprint density at radius 1 is 1.35 bits per heavy atom. The summed E-state index contributed by atoms with van der Waals surface area (Å²) in [6.07, 6.45) is 1.57. The molecule has 2 aliphatic rings. The molecule has 0 aliphatic carbocycles. The maximum absolute atomic E-state index is 12.1. The molecule has 3 rings (SSSR count). The highest BCUT2D eigenvalue weighted by Crippen LogP contribution is 2.34. The van der Waals surface area contributed by atoms with Gasteiger partial charge in [-0.3, -0.25) is 4.79 Å². The van der Waals surface area contributed by atoms with E-state index in [1.807, 2.05) is 11.1 Å². The summed E-state index contributed by atoms with van der Waals surface area (Å²) >= 11 is 6.02. The van der Waals surface area contributed by atoms with Crippen LogP contribution in [-0.2, 0) is 9.53 Å². The summed E-state index contributed by atoms with van der Waals surface area (Å²) in [5.74, 6) is -0.130. The average molecular weight is 336 g/mol. The number of nitrogens with one attached hydrogen (secondary N) is 1. The molecule has 6 nitrogen and oxygen atoms in total. The van der Waals surface area contributed by atoms with E-state index in [1.54, 1.807) is 30.0 Å². The number of rotatable bonds is 2. The number of carbonyl (C=O) groups is 2. The van der Waals surface area contributed by atoms with Crippen LogP contribution in [0.4, 0.5) is 10.5 Å². The van der Waals surface area contributed by atoms with Crippen molar-refractivity contribution in [2.75, 3.05) is 38.1 Å². The molecule has 23 heavy (non-hydrogen) atoms. The number of amides is 2. The van der Waals surface area contributed by atoms with Crippen molar-refractivity contribution in [3.63, 3.8) is 0 Å². The second-order valence-corrected chi connectivity index (χ2v) is 5.85. The zero-order valence-electron chi connectivity index (χ0n) is 12.8. The minimum atomic E-state index is -0.282. The number of hydrogen-bond acceptors (Lipinski definition) is 4. The summed E-state index contributed by atoms with van der Waals surface area (Å²) in [7, 11) is 0. The summed E-state index contributed by atoms with van der Waals surface area (Å²) < 4.78 is 5.00. The van der Waals surface area contributed by atoms with Gasteiger partial charge in [-0.05, 0) is 25.1 Å². The topological polar surface area (TPSA) is 61.9 Å². The second kappa shape index (κ2) is 6.50. The predicted octanol–water partition coefficient (Wildman–Crippen LogP) is 2.41. The Morgan fingerprint density at radius 2 is 2.09 bits per heavy atom. The van der Waals surface area contributed by atoms with Crippen molar-refractivity contribution in [2.24, 2.45) is 0 Å². The Balaban J connectivity index is 1.71. The van der Waals surface area contributed by atoms with Gasteiger partial charge in [0.1, 0.15) is 0 Å². The third kappa shape index (κ3) is 3.27. The molecule has 0 bridgehead atoms. The normalized spacial score (nSPS) is 18.9. The number of anilines is 1. The van der Waals surface area contributed by atoms with Gasteiger partial charge >= 0.3 is 6.09 Å². The van der Waals surface area contributed by atoms with Gasteiger partial charge in [0, 0.05) is 48.7 Å². The molecule has 2 heterocycles. The van der Waals surface area contributed by atoms with Crippen molar-refractivity contribution < 1.29 is 14.3 Å². The first-order chi connectivity index (χ1) is 11.1. The summed E-state index contributed by atoms with van der Waals surface area (Å²) in [6, 6.07) is 5.34. The summed E-state index contributed by atoms with van der Waals surface area (Å²) in [4.78, 5) is 27.6. The fourth-order valence-corrected chi connectivity index (χ4v) is 2.89. The van der Waals surface area contributed by atoms with Crippen molar-refractivity contribution in [1.29, 1.82) is 0 Å². The number of ether oxygens (including phenoxy) is 1. The lowest BCUT2D eigenvalue weighted by atomic mass is 10.1. The van der Waals surface area contributed by atoms with Crippen LogP contribution < -0.4 is 5.32 Å². The minimum Gasteiger partial charge on any atom is -0.450 e. The number of nitrogens with zero attached hydrogens (tertiary/aromatic N) is 2. The molecule has 1 saturated heterocycles. The van der Waals surface area contributed by atoms with Gasteiger partial charge in [-0.25, -0.2) is 4.79 Å². The van der Waals surface area contributed by atoms with Gasteiger partial charge in [0.05, 0.1) is 12.2 Å². The number of piperazine rings is 1. The van der Waals surface area contributed by atoms with Crippen LogP contribution in [0, 0.1) is 0 Å². The van der Waals surface area contributed by atoms with Gasteiger partial charge < -0.3 is 19.9 Å². The van der Waals surface area contributed by atoms with E-state index in [2.05, 4.69) is 5.32 Å². The van der Waals surface area contributed by atoms with Gasteiger partial charge in [-0.1, -0.05) is 11.6 Å². The predicted molar refractivity (Wildman–Crippen MR) is 88.2 cm³/mol. The Kier molecular flexibility index (Phi) is 4.43. The van der Waals surface area contributed by atoms with Crippen molar-refractivity contribution in [3.05, 3.63) is 35.0 Å². The molecule has 0 atom stereocenters. The molecule has 2 amide bonds. The van der Waals surface area contributed by atoms with Gasteiger partial charge in [0.2, 0.25) is 0 Å². The number of hydrogen-bond donors (Lipinski definition) is 1. The monoisotopic (exact) mass is 335 g/mol. The van der Waals surface area contributed by atoms with Crippen LogP contribution in [-0.4, -0.2) is 54.6 Å². The lowest BCUT2D eigenvalue weighted by molar-refractivity contribution is -0.110. The SMILES string of the molecule is CCOC(=O)N1CCN(/C=C2/C(=O)Nc3ccc(Cl)cc32)CC1. The second-order valence-electron chi connectivity index (χ2n) is 5.41. The minimum absolute atomic E-state index is 0.130. The lowest BCUT2D eigenvalue weighted by Crippen LogP contribution is -2.47. The molecule has 2 aliphatic heterocycles. The highest BCUT2D eigenvalue weighted by atomic mass is 35.5. The molecule has 0 saturated carbocycles. The molecular weight excluding hydrogens is 318 g/mol. The van der Waals surface area contributed by atoms with Crippen molar-refractivity contribution in [1.82, 2.24) is 9.80 Å². The van der Waals surface area contributed by atoms with E-state index in [4.69, 9.17) is 16.3 Å². The van der Waals surface area contributed by atoms with Crippen LogP contribution in [0.2, 0.25) is 5.02 Å². The summed E-state index contributed by atoms with van der Waals surface area (Å²) in [5.41, 5.74) is 2.19. The maximum atomic E-state index is 12.1. The van der Waals surface area contributed by atoms with E-state index < -0.39 is 0 Å². The fraction of sp³-hybridized carbons (Fsp3) is 0.375. The maximum Gasteiger partial charge on any atom is 0.409 e. The molecular formula is C16H18ClN3O3. The van der Waals surface area contributed by atoms with Gasteiger partial charge in [-0.2, -0.15) is 0 Å². The summed E-state index contributed by atoms with van der Waals surface area (Å²) in [6.45, 7) is 4.64. The van der Waals surface area contributed by atoms with Crippen molar-refractivity contribution in [2.45, 2.75) is 6.92 Å². The van der Waals surface area contributed by atoms with Crippen LogP contribution in [0.25, 0.3) is 5.57 Å². The molecule has 122 valence electrons. The molecule has 1 N–H and O–H groups in total. The average Bonchev–Trinajstić information content (AvgIpc) is 2.84. The van der Waals surface area contributed by atoms with Crippen LogP contribution in [0.1, 0.15) is 12.5 Å². The zero-order valence-corrected chi connectivity index (χ0v) is 13.6. The highest BCUT2D eigenvalue weighted by Gasteiger charge is 2.27. The molecule has 1 aromatic carbocycles. The summed E-state index contributed by atoms with van der Waals surface area (Å²) in [5, 5.41) is 3.43. The molecule has 1 fully saturated rings. The van der Waals surface area contributed by atoms with E-state index in [-0.39, 0.29) is 12.0 Å². The molecule has 0 spiro atoms. The highest BCUT2D eigenvalue weighted by molar-refractivity contribution is 6.34. The zero-order chi connectivity index (χ0) is 16.4. The third-order valence-corrected chi connectivity index (χ3v) is 4.15. The quantitative estimate of drug-likeness (QED) is 0.843. The molecule has 0 radical (unpaired) electrons. The van der Waals surface area contributed by atoms with E-state index in [0.717, 1.165) is 11.3 Å². The Bertz CT molecular complexity index is 667. The number of carbonyl (C=O) groups excluding carboxylic acids is 2.